The summed E-state index contributed by atoms with van der Waals surface area (Å²) < 4.78 is 33.4. The van der Waals surface area contributed by atoms with Gasteiger partial charge in [0.05, 0.1) is 41.2 Å². The van der Waals surface area contributed by atoms with E-state index in [-0.39, 0.29) is 54.1 Å². The van der Waals surface area contributed by atoms with Gasteiger partial charge in [-0.3, -0.25) is 0 Å². The Labute approximate surface area is 219 Å². The fraction of sp³-hybridized carbons (Fsp3) is 0.538. The maximum atomic E-state index is 10.9. The largest absolute Gasteiger partial charge is 0.502 e. The van der Waals surface area contributed by atoms with Gasteiger partial charge in [0.1, 0.15) is 18.3 Å². The van der Waals surface area contributed by atoms with E-state index in [1.54, 1.807) is 18.2 Å². The second kappa shape index (κ2) is 11.4. The number of rotatable bonds is 8. The van der Waals surface area contributed by atoms with Gasteiger partial charge in [0.25, 0.3) is 0 Å². The second-order valence-corrected chi connectivity index (χ2v) is 9.28. The van der Waals surface area contributed by atoms with E-state index in [4.69, 9.17) is 28.4 Å². The van der Waals surface area contributed by atoms with Crippen molar-refractivity contribution in [3.63, 3.8) is 0 Å². The van der Waals surface area contributed by atoms with Gasteiger partial charge >= 0.3 is 0 Å². The van der Waals surface area contributed by atoms with E-state index in [2.05, 4.69) is 0 Å². The van der Waals surface area contributed by atoms with E-state index in [1.165, 1.54) is 28.4 Å². The van der Waals surface area contributed by atoms with Crippen LogP contribution in [0.3, 0.4) is 0 Å². The minimum absolute atomic E-state index is 0.106. The average molecular weight is 539 g/mol. The van der Waals surface area contributed by atoms with Gasteiger partial charge in [0.2, 0.25) is 11.5 Å². The van der Waals surface area contributed by atoms with E-state index < -0.39 is 42.5 Å². The molecule has 0 aromatic heterocycles. The predicted octanol–water partition coefficient (Wildman–Crippen LogP) is 0.253. The van der Waals surface area contributed by atoms with Crippen molar-refractivity contribution in [3.8, 4) is 34.5 Å². The highest BCUT2D eigenvalue weighted by Gasteiger charge is 2.46. The van der Waals surface area contributed by atoms with Crippen LogP contribution in [0.5, 0.6) is 34.5 Å². The first kappa shape index (κ1) is 28.0. The topological polar surface area (TPSA) is 177 Å². The number of ether oxygens (including phenoxy) is 6. The molecule has 0 radical (unpaired) electrons. The van der Waals surface area contributed by atoms with Gasteiger partial charge in [-0.2, -0.15) is 0 Å². The fourth-order valence-electron chi connectivity index (χ4n) is 5.26. The molecular weight excluding hydrogens is 504 g/mol. The van der Waals surface area contributed by atoms with Crippen molar-refractivity contribution in [3.05, 3.63) is 34.9 Å². The van der Waals surface area contributed by atoms with Gasteiger partial charge in [-0.25, -0.2) is 0 Å². The first-order valence-electron chi connectivity index (χ1n) is 12.0. The van der Waals surface area contributed by atoms with E-state index in [0.717, 1.165) is 0 Å². The molecule has 38 heavy (non-hydrogen) atoms. The van der Waals surface area contributed by atoms with Gasteiger partial charge in [0.15, 0.2) is 29.3 Å². The molecule has 1 aliphatic heterocycles. The summed E-state index contributed by atoms with van der Waals surface area (Å²) in [4.78, 5) is 0. The van der Waals surface area contributed by atoms with Crippen LogP contribution in [0.15, 0.2) is 18.2 Å². The van der Waals surface area contributed by atoms with Crippen LogP contribution in [0, 0.1) is 5.92 Å². The maximum absolute atomic E-state index is 10.9. The third-order valence-corrected chi connectivity index (χ3v) is 7.20. The Morgan fingerprint density at radius 1 is 0.842 bits per heavy atom. The molecule has 1 saturated heterocycles. The molecule has 0 amide bonds. The number of aromatic hydroxyl groups is 2. The van der Waals surface area contributed by atoms with E-state index in [9.17, 15) is 30.6 Å². The normalized spacial score (nSPS) is 28.9. The number of hydrogen-bond acceptors (Lipinski definition) is 12. The van der Waals surface area contributed by atoms with Crippen LogP contribution in [0.1, 0.15) is 22.6 Å². The van der Waals surface area contributed by atoms with E-state index >= 15 is 0 Å². The zero-order chi connectivity index (χ0) is 27.7. The van der Waals surface area contributed by atoms with Crippen molar-refractivity contribution in [2.75, 3.05) is 41.7 Å². The molecule has 0 saturated carbocycles. The molecule has 1 aliphatic carbocycles. The monoisotopic (exact) mass is 538 g/mol. The number of phenols is 2. The molecule has 7 atom stereocenters. The summed E-state index contributed by atoms with van der Waals surface area (Å²) in [6.45, 7) is -0.602. The van der Waals surface area contributed by atoms with E-state index in [0.29, 0.717) is 16.7 Å². The van der Waals surface area contributed by atoms with Crippen LogP contribution in [0.25, 0.3) is 0 Å². The van der Waals surface area contributed by atoms with Gasteiger partial charge < -0.3 is 59.1 Å². The minimum atomic E-state index is -1.57. The fourth-order valence-corrected chi connectivity index (χ4v) is 5.26. The molecule has 0 unspecified atom stereocenters. The highest BCUT2D eigenvalue weighted by Crippen LogP contribution is 2.53. The number of phenolic OH excluding ortho intramolecular Hbond substituents is 2. The Kier molecular flexibility index (Phi) is 8.40. The lowest BCUT2D eigenvalue weighted by Gasteiger charge is -2.44. The quantitative estimate of drug-likeness (QED) is 0.271. The first-order chi connectivity index (χ1) is 18.2. The van der Waals surface area contributed by atoms with Crippen LogP contribution in [0.4, 0.5) is 0 Å². The molecule has 0 spiro atoms. The van der Waals surface area contributed by atoms with Crippen molar-refractivity contribution >= 4 is 0 Å². The number of benzene rings is 2. The first-order valence-corrected chi connectivity index (χ1v) is 12.0. The lowest BCUT2D eigenvalue weighted by molar-refractivity contribution is -0.289. The predicted molar refractivity (Wildman–Crippen MR) is 131 cm³/mol. The molecule has 2 aliphatic rings. The van der Waals surface area contributed by atoms with Crippen LogP contribution in [0.2, 0.25) is 0 Å². The van der Waals surface area contributed by atoms with Crippen LogP contribution in [-0.4, -0.2) is 103 Å². The Hall–Kier alpha value is -3.00. The maximum Gasteiger partial charge on any atom is 0.201 e. The number of methoxy groups -OCH3 is 4. The molecule has 1 heterocycles. The summed E-state index contributed by atoms with van der Waals surface area (Å²) in [5.41, 5.74) is 1.72. The SMILES string of the molecule is COc1cc([C@@H]2c3c(cc(OC)c(O)c3OC)C[C@H](CO)[C@H]2O[C@@H]2OC[C@@H](O)[C@H](O)[C@H]2O)cc(OC)c1O. The zero-order valence-electron chi connectivity index (χ0n) is 21.5. The smallest absolute Gasteiger partial charge is 0.201 e. The van der Waals surface area contributed by atoms with Crippen molar-refractivity contribution in [2.24, 2.45) is 5.92 Å². The lowest BCUT2D eigenvalue weighted by Crippen LogP contribution is -2.56. The Bertz CT molecular complexity index is 1110. The summed E-state index contributed by atoms with van der Waals surface area (Å²) in [5, 5.41) is 62.6. The molecule has 6 N–H and O–H groups in total. The molecule has 210 valence electrons. The van der Waals surface area contributed by atoms with Gasteiger partial charge in [-0.05, 0) is 35.7 Å². The standard InChI is InChI=1S/C26H34O12/c1-33-15-7-12(8-16(34-2)21(15)30)18-19-11(6-17(35-3)22(31)25(19)36-4)5-13(9-27)24(18)38-26-23(32)20(29)14(28)10-37-26/h6-8,13-14,18,20,23-24,26-32H,5,9-10H2,1-4H3/t13-,14-,18-,20+,23-,24-,26+/m1/s1. The van der Waals surface area contributed by atoms with Crippen molar-refractivity contribution < 1.29 is 59.1 Å². The molecule has 2 aromatic rings. The summed E-state index contributed by atoms with van der Waals surface area (Å²) in [6, 6.07) is 4.79. The number of aliphatic hydroxyl groups is 4. The van der Waals surface area contributed by atoms with Crippen molar-refractivity contribution in [1.82, 2.24) is 0 Å². The average Bonchev–Trinajstić information content (AvgIpc) is 2.92. The van der Waals surface area contributed by atoms with Crippen molar-refractivity contribution in [2.45, 2.75) is 43.0 Å². The van der Waals surface area contributed by atoms with Crippen LogP contribution < -0.4 is 18.9 Å². The highest BCUT2D eigenvalue weighted by molar-refractivity contribution is 5.64. The molecule has 4 rings (SSSR count). The van der Waals surface area contributed by atoms with Crippen molar-refractivity contribution in [1.29, 1.82) is 0 Å². The minimum Gasteiger partial charge on any atom is -0.502 e. The molecular formula is C26H34O12. The van der Waals surface area contributed by atoms with Crippen LogP contribution in [-0.2, 0) is 15.9 Å². The molecule has 12 nitrogen and oxygen atoms in total. The molecule has 1 fully saturated rings. The van der Waals surface area contributed by atoms with Gasteiger partial charge in [-0.15, -0.1) is 0 Å². The summed E-state index contributed by atoms with van der Waals surface area (Å²) in [6.07, 6.45) is -6.34. The third kappa shape index (κ3) is 4.79. The lowest BCUT2D eigenvalue weighted by atomic mass is 9.71. The molecule has 0 bridgehead atoms. The van der Waals surface area contributed by atoms with Crippen LogP contribution >= 0.6 is 0 Å². The Balaban J connectivity index is 1.94. The van der Waals surface area contributed by atoms with Gasteiger partial charge in [-0.1, -0.05) is 0 Å². The molecule has 2 aromatic carbocycles. The Morgan fingerprint density at radius 3 is 2.00 bits per heavy atom. The van der Waals surface area contributed by atoms with E-state index in [1.807, 2.05) is 0 Å². The highest BCUT2D eigenvalue weighted by atomic mass is 16.7. The third-order valence-electron chi connectivity index (χ3n) is 7.20. The number of hydrogen-bond donors (Lipinski definition) is 6. The van der Waals surface area contributed by atoms with Gasteiger partial charge in [0, 0.05) is 24.0 Å². The second-order valence-electron chi connectivity index (χ2n) is 9.28. The summed E-state index contributed by atoms with van der Waals surface area (Å²) in [5.74, 6) is -1.31. The molecule has 12 heteroatoms. The number of fused-ring (bicyclic) bond motifs is 1. The zero-order valence-corrected chi connectivity index (χ0v) is 21.5. The Morgan fingerprint density at radius 2 is 1.45 bits per heavy atom. The summed E-state index contributed by atoms with van der Waals surface area (Å²) >= 11 is 0. The number of aliphatic hydroxyl groups excluding tert-OH is 4. The summed E-state index contributed by atoms with van der Waals surface area (Å²) in [7, 11) is 5.57.